The van der Waals surface area contributed by atoms with E-state index in [4.69, 9.17) is 9.47 Å². The average Bonchev–Trinajstić information content (AvgIpc) is 2.72. The molecule has 27 heavy (non-hydrogen) atoms. The summed E-state index contributed by atoms with van der Waals surface area (Å²) in [5, 5.41) is 5.79. The Morgan fingerprint density at radius 3 is 2.48 bits per heavy atom. The number of piperidine rings is 1. The summed E-state index contributed by atoms with van der Waals surface area (Å²) in [4.78, 5) is 14.6. The second-order valence-electron chi connectivity index (χ2n) is 6.45. The molecule has 0 unspecified atom stereocenters. The van der Waals surface area contributed by atoms with Gasteiger partial charge in [-0.15, -0.1) is 0 Å². The molecule has 0 atom stereocenters. The molecule has 0 spiro atoms. The number of urea groups is 1. The van der Waals surface area contributed by atoms with Crippen LogP contribution in [0.3, 0.4) is 0 Å². The smallest absolute Gasteiger partial charge is 0.319 e. The van der Waals surface area contributed by atoms with Crippen molar-refractivity contribution < 1.29 is 14.3 Å². The van der Waals surface area contributed by atoms with Gasteiger partial charge in [-0.2, -0.15) is 0 Å². The standard InChI is InChI=1S/C21H27N3O3/c1-26-19-11-5-6-12-20(19)27-16-13-22-21(25)23-17-9-3-4-10-18(17)24-14-7-2-8-15-24/h3-6,9-12H,2,7-8,13-16H2,1H3,(H2,22,23,25). The predicted molar refractivity (Wildman–Crippen MR) is 108 cm³/mol. The number of methoxy groups -OCH3 is 1. The van der Waals surface area contributed by atoms with Gasteiger partial charge in [0.1, 0.15) is 6.61 Å². The third kappa shape index (κ3) is 5.29. The van der Waals surface area contributed by atoms with E-state index < -0.39 is 0 Å². The number of ether oxygens (including phenoxy) is 2. The summed E-state index contributed by atoms with van der Waals surface area (Å²) in [6, 6.07) is 15.2. The number of hydrogen-bond donors (Lipinski definition) is 2. The molecule has 0 bridgehead atoms. The van der Waals surface area contributed by atoms with Crippen LogP contribution in [0, 0.1) is 0 Å². The number of carbonyl (C=O) groups is 1. The molecule has 0 radical (unpaired) electrons. The number of hydrogen-bond acceptors (Lipinski definition) is 4. The van der Waals surface area contributed by atoms with Gasteiger partial charge in [-0.25, -0.2) is 4.79 Å². The van der Waals surface area contributed by atoms with E-state index in [-0.39, 0.29) is 6.03 Å². The van der Waals surface area contributed by atoms with Crippen LogP contribution in [0.1, 0.15) is 19.3 Å². The van der Waals surface area contributed by atoms with Crippen molar-refractivity contribution in [1.82, 2.24) is 5.32 Å². The van der Waals surface area contributed by atoms with Gasteiger partial charge in [0.15, 0.2) is 11.5 Å². The van der Waals surface area contributed by atoms with Crippen molar-refractivity contribution in [2.75, 3.05) is 43.6 Å². The maximum atomic E-state index is 12.3. The highest BCUT2D eigenvalue weighted by Gasteiger charge is 2.15. The van der Waals surface area contributed by atoms with Gasteiger partial charge in [0.05, 0.1) is 25.0 Å². The maximum absolute atomic E-state index is 12.3. The van der Waals surface area contributed by atoms with Gasteiger partial charge in [0.2, 0.25) is 0 Å². The zero-order valence-corrected chi connectivity index (χ0v) is 15.7. The topological polar surface area (TPSA) is 62.8 Å². The molecule has 6 nitrogen and oxygen atoms in total. The Morgan fingerprint density at radius 1 is 1.00 bits per heavy atom. The van der Waals surface area contributed by atoms with Crippen LogP contribution in [0.2, 0.25) is 0 Å². The SMILES string of the molecule is COc1ccccc1OCCNC(=O)Nc1ccccc1N1CCCCC1. The number of rotatable bonds is 7. The van der Waals surface area contributed by atoms with Gasteiger partial charge in [-0.3, -0.25) is 0 Å². The molecule has 0 saturated carbocycles. The lowest BCUT2D eigenvalue weighted by molar-refractivity contribution is 0.246. The lowest BCUT2D eigenvalue weighted by Gasteiger charge is -2.30. The van der Waals surface area contributed by atoms with E-state index in [1.807, 2.05) is 42.5 Å². The Kier molecular flexibility index (Phi) is 6.79. The molecule has 0 aliphatic carbocycles. The molecule has 2 aromatic rings. The quantitative estimate of drug-likeness (QED) is 0.727. The average molecular weight is 369 g/mol. The van der Waals surface area contributed by atoms with Crippen molar-refractivity contribution in [2.24, 2.45) is 0 Å². The van der Waals surface area contributed by atoms with Crippen LogP contribution < -0.4 is 25.0 Å². The van der Waals surface area contributed by atoms with Crippen LogP contribution in [0.25, 0.3) is 0 Å². The zero-order chi connectivity index (χ0) is 18.9. The Labute approximate surface area is 160 Å². The molecular weight excluding hydrogens is 342 g/mol. The molecule has 1 heterocycles. The van der Waals surface area contributed by atoms with Crippen LogP contribution in [-0.4, -0.2) is 39.4 Å². The molecule has 2 N–H and O–H groups in total. The third-order valence-electron chi connectivity index (χ3n) is 4.56. The number of para-hydroxylation sites is 4. The third-order valence-corrected chi connectivity index (χ3v) is 4.56. The summed E-state index contributed by atoms with van der Waals surface area (Å²) < 4.78 is 10.9. The monoisotopic (exact) mass is 369 g/mol. The summed E-state index contributed by atoms with van der Waals surface area (Å²) in [5.74, 6) is 1.34. The highest BCUT2D eigenvalue weighted by atomic mass is 16.5. The van der Waals surface area contributed by atoms with Gasteiger partial charge in [0.25, 0.3) is 0 Å². The zero-order valence-electron chi connectivity index (χ0n) is 15.7. The van der Waals surface area contributed by atoms with Gasteiger partial charge in [-0.05, 0) is 43.5 Å². The first-order valence-electron chi connectivity index (χ1n) is 9.42. The number of nitrogens with one attached hydrogen (secondary N) is 2. The fourth-order valence-corrected chi connectivity index (χ4v) is 3.22. The van der Waals surface area contributed by atoms with Crippen LogP contribution in [0.5, 0.6) is 11.5 Å². The van der Waals surface area contributed by atoms with Gasteiger partial charge >= 0.3 is 6.03 Å². The van der Waals surface area contributed by atoms with Crippen molar-refractivity contribution in [3.63, 3.8) is 0 Å². The summed E-state index contributed by atoms with van der Waals surface area (Å²) in [7, 11) is 1.60. The van der Waals surface area contributed by atoms with E-state index in [9.17, 15) is 4.79 Å². The Hall–Kier alpha value is -2.89. The number of nitrogens with zero attached hydrogens (tertiary/aromatic N) is 1. The molecule has 1 saturated heterocycles. The fraction of sp³-hybridized carbons (Fsp3) is 0.381. The second kappa shape index (κ2) is 9.71. The van der Waals surface area contributed by atoms with E-state index in [1.54, 1.807) is 7.11 Å². The van der Waals surface area contributed by atoms with Crippen LogP contribution in [0.4, 0.5) is 16.2 Å². The molecule has 2 aromatic carbocycles. The number of benzene rings is 2. The molecular formula is C21H27N3O3. The van der Waals surface area contributed by atoms with Crippen LogP contribution >= 0.6 is 0 Å². The predicted octanol–water partition coefficient (Wildman–Crippen LogP) is 3.89. The Balaban J connectivity index is 1.48. The summed E-state index contributed by atoms with van der Waals surface area (Å²) in [6.45, 7) is 2.83. The van der Waals surface area contributed by atoms with Crippen molar-refractivity contribution in [1.29, 1.82) is 0 Å². The molecule has 2 amide bonds. The van der Waals surface area contributed by atoms with E-state index in [1.165, 1.54) is 19.3 Å². The lowest BCUT2D eigenvalue weighted by atomic mass is 10.1. The van der Waals surface area contributed by atoms with Crippen LogP contribution in [0.15, 0.2) is 48.5 Å². The first-order chi connectivity index (χ1) is 13.3. The molecule has 6 heteroatoms. The van der Waals surface area contributed by atoms with Gasteiger partial charge < -0.3 is 25.0 Å². The molecule has 1 aliphatic rings. The number of amides is 2. The van der Waals surface area contributed by atoms with Crippen molar-refractivity contribution in [3.8, 4) is 11.5 Å². The summed E-state index contributed by atoms with van der Waals surface area (Å²) in [5.41, 5.74) is 1.92. The maximum Gasteiger partial charge on any atom is 0.319 e. The minimum Gasteiger partial charge on any atom is -0.493 e. The molecule has 144 valence electrons. The van der Waals surface area contributed by atoms with Crippen molar-refractivity contribution >= 4 is 17.4 Å². The van der Waals surface area contributed by atoms with Crippen LogP contribution in [-0.2, 0) is 0 Å². The molecule has 3 rings (SSSR count). The molecule has 0 aromatic heterocycles. The minimum absolute atomic E-state index is 0.233. The second-order valence-corrected chi connectivity index (χ2v) is 6.45. The molecule has 1 fully saturated rings. The lowest BCUT2D eigenvalue weighted by Crippen LogP contribution is -2.34. The largest absolute Gasteiger partial charge is 0.493 e. The van der Waals surface area contributed by atoms with Gasteiger partial charge in [0, 0.05) is 13.1 Å². The highest BCUT2D eigenvalue weighted by Crippen LogP contribution is 2.28. The van der Waals surface area contributed by atoms with E-state index in [0.717, 1.165) is 24.5 Å². The summed E-state index contributed by atoms with van der Waals surface area (Å²) in [6.07, 6.45) is 3.67. The first-order valence-corrected chi connectivity index (χ1v) is 9.42. The first kappa shape index (κ1) is 18.9. The normalized spacial score (nSPS) is 13.7. The van der Waals surface area contributed by atoms with Gasteiger partial charge in [-0.1, -0.05) is 24.3 Å². The number of anilines is 2. The Morgan fingerprint density at radius 2 is 1.70 bits per heavy atom. The van der Waals surface area contributed by atoms with E-state index in [0.29, 0.717) is 24.7 Å². The highest BCUT2D eigenvalue weighted by molar-refractivity contribution is 5.93. The number of carbonyl (C=O) groups excluding carboxylic acids is 1. The van der Waals surface area contributed by atoms with Crippen molar-refractivity contribution in [2.45, 2.75) is 19.3 Å². The Bertz CT molecular complexity index is 745. The minimum atomic E-state index is -0.233. The summed E-state index contributed by atoms with van der Waals surface area (Å²) >= 11 is 0. The van der Waals surface area contributed by atoms with E-state index in [2.05, 4.69) is 21.6 Å². The molecule has 1 aliphatic heterocycles. The van der Waals surface area contributed by atoms with Crippen molar-refractivity contribution in [3.05, 3.63) is 48.5 Å². The fourth-order valence-electron chi connectivity index (χ4n) is 3.22. The van der Waals surface area contributed by atoms with E-state index >= 15 is 0 Å².